The molecule has 164 valence electrons. The zero-order chi connectivity index (χ0) is 22.4. The molecule has 2 aromatic carbocycles. The Morgan fingerprint density at radius 1 is 1.16 bits per heavy atom. The first kappa shape index (κ1) is 22.5. The van der Waals surface area contributed by atoms with Crippen LogP contribution in [0.4, 0.5) is 20.2 Å². The molecule has 0 amide bonds. The van der Waals surface area contributed by atoms with E-state index in [0.29, 0.717) is 48.0 Å². The lowest BCUT2D eigenvalue weighted by atomic mass is 10.1. The SMILES string of the molecule is CC(=C/C=O)/N=C(/C)N(C)c1ccc(N2CCC(Oc3cccc(F)c3)CC2)c(F)c1. The molecule has 31 heavy (non-hydrogen) atoms. The average molecular weight is 427 g/mol. The van der Waals surface area contributed by atoms with Crippen LogP contribution < -0.4 is 14.5 Å². The van der Waals surface area contributed by atoms with Gasteiger partial charge in [0.1, 0.15) is 35.6 Å². The van der Waals surface area contributed by atoms with Crippen molar-refractivity contribution >= 4 is 23.5 Å². The van der Waals surface area contributed by atoms with Crippen LogP contribution in [0.2, 0.25) is 0 Å². The van der Waals surface area contributed by atoms with Gasteiger partial charge in [-0.3, -0.25) is 4.79 Å². The van der Waals surface area contributed by atoms with Gasteiger partial charge in [0.2, 0.25) is 0 Å². The fraction of sp³-hybridized carbons (Fsp3) is 0.333. The molecule has 7 heteroatoms. The number of amidine groups is 1. The quantitative estimate of drug-likeness (QED) is 0.283. The highest BCUT2D eigenvalue weighted by atomic mass is 19.1. The number of allylic oxidation sites excluding steroid dienone is 2. The number of halogens is 2. The Labute approximate surface area is 181 Å². The first-order valence-electron chi connectivity index (χ1n) is 10.2. The summed E-state index contributed by atoms with van der Waals surface area (Å²) in [4.78, 5) is 18.7. The highest BCUT2D eigenvalue weighted by Crippen LogP contribution is 2.28. The van der Waals surface area contributed by atoms with E-state index in [1.54, 1.807) is 44.0 Å². The summed E-state index contributed by atoms with van der Waals surface area (Å²) >= 11 is 0. The summed E-state index contributed by atoms with van der Waals surface area (Å²) in [5.74, 6) is 0.546. The van der Waals surface area contributed by atoms with Gasteiger partial charge >= 0.3 is 0 Å². The standard InChI is InChI=1S/C24H27F2N3O2/c1-17(11-14-30)27-18(2)28(3)20-7-8-24(23(26)16-20)29-12-9-21(10-13-29)31-22-6-4-5-19(25)15-22/h4-8,11,14-16,21H,9-10,12-13H2,1-3H3/b17-11-,27-18-. The van der Waals surface area contributed by atoms with E-state index in [0.717, 1.165) is 12.8 Å². The number of hydrogen-bond acceptors (Lipinski definition) is 4. The fourth-order valence-corrected chi connectivity index (χ4v) is 3.56. The number of carbonyl (C=O) groups excluding carboxylic acids is 1. The zero-order valence-corrected chi connectivity index (χ0v) is 18.0. The van der Waals surface area contributed by atoms with Gasteiger partial charge in [-0.05, 0) is 50.3 Å². The van der Waals surface area contributed by atoms with Crippen molar-refractivity contribution in [1.82, 2.24) is 0 Å². The molecule has 1 saturated heterocycles. The Morgan fingerprint density at radius 2 is 1.90 bits per heavy atom. The molecule has 0 bridgehead atoms. The van der Waals surface area contributed by atoms with Crippen LogP contribution in [0.5, 0.6) is 5.75 Å². The van der Waals surface area contributed by atoms with Crippen LogP contribution in [0.15, 0.2) is 59.2 Å². The van der Waals surface area contributed by atoms with Crippen molar-refractivity contribution in [3.63, 3.8) is 0 Å². The van der Waals surface area contributed by atoms with Gasteiger partial charge in [-0.15, -0.1) is 0 Å². The van der Waals surface area contributed by atoms with E-state index in [1.807, 2.05) is 11.0 Å². The molecule has 1 heterocycles. The second kappa shape index (κ2) is 10.2. The van der Waals surface area contributed by atoms with E-state index in [9.17, 15) is 13.6 Å². The maximum atomic E-state index is 14.9. The Bertz CT molecular complexity index is 983. The van der Waals surface area contributed by atoms with Crippen LogP contribution in [-0.4, -0.2) is 38.4 Å². The lowest BCUT2D eigenvalue weighted by Gasteiger charge is -2.34. The minimum atomic E-state index is -0.322. The molecule has 0 N–H and O–H groups in total. The minimum absolute atomic E-state index is 0.0203. The van der Waals surface area contributed by atoms with Crippen molar-refractivity contribution in [3.8, 4) is 5.75 Å². The third-order valence-electron chi connectivity index (χ3n) is 5.33. The van der Waals surface area contributed by atoms with Gasteiger partial charge in [-0.25, -0.2) is 13.8 Å². The van der Waals surface area contributed by atoms with E-state index in [-0.39, 0.29) is 17.7 Å². The number of aliphatic imine (C=N–C) groups is 1. The number of benzene rings is 2. The zero-order valence-electron chi connectivity index (χ0n) is 18.0. The number of rotatable bonds is 6. The van der Waals surface area contributed by atoms with E-state index < -0.39 is 0 Å². The molecule has 0 atom stereocenters. The molecule has 1 aliphatic heterocycles. The molecule has 2 aromatic rings. The number of piperidine rings is 1. The van der Waals surface area contributed by atoms with E-state index in [4.69, 9.17) is 4.74 Å². The number of ether oxygens (including phenoxy) is 1. The van der Waals surface area contributed by atoms with Crippen molar-refractivity contribution in [3.05, 3.63) is 65.9 Å². The van der Waals surface area contributed by atoms with Gasteiger partial charge < -0.3 is 14.5 Å². The highest BCUT2D eigenvalue weighted by molar-refractivity contribution is 5.96. The third kappa shape index (κ3) is 5.90. The molecule has 0 aromatic heterocycles. The molecule has 0 aliphatic carbocycles. The van der Waals surface area contributed by atoms with E-state index in [2.05, 4.69) is 4.99 Å². The monoisotopic (exact) mass is 427 g/mol. The van der Waals surface area contributed by atoms with Gasteiger partial charge in [0.25, 0.3) is 0 Å². The van der Waals surface area contributed by atoms with E-state index in [1.165, 1.54) is 24.3 Å². The summed E-state index contributed by atoms with van der Waals surface area (Å²) < 4.78 is 34.1. The number of carbonyl (C=O) groups is 1. The van der Waals surface area contributed by atoms with E-state index >= 15 is 0 Å². The largest absolute Gasteiger partial charge is 0.490 e. The number of anilines is 2. The highest BCUT2D eigenvalue weighted by Gasteiger charge is 2.23. The van der Waals surface area contributed by atoms with Gasteiger partial charge in [0.05, 0.1) is 5.69 Å². The molecule has 1 aliphatic rings. The topological polar surface area (TPSA) is 45.1 Å². The summed E-state index contributed by atoms with van der Waals surface area (Å²) in [7, 11) is 1.80. The first-order chi connectivity index (χ1) is 14.9. The Hall–Kier alpha value is -3.22. The average Bonchev–Trinajstić information content (AvgIpc) is 2.74. The number of nitrogens with zero attached hydrogens (tertiary/aromatic N) is 3. The molecular formula is C24H27F2N3O2. The van der Waals surface area contributed by atoms with Gasteiger partial charge in [0.15, 0.2) is 0 Å². The smallest absolute Gasteiger partial charge is 0.148 e. The lowest BCUT2D eigenvalue weighted by Crippen LogP contribution is -2.38. The molecule has 5 nitrogen and oxygen atoms in total. The maximum Gasteiger partial charge on any atom is 0.148 e. The van der Waals surface area contributed by atoms with Crippen LogP contribution in [-0.2, 0) is 4.79 Å². The Morgan fingerprint density at radius 3 is 2.55 bits per heavy atom. The predicted octanol–water partition coefficient (Wildman–Crippen LogP) is 4.97. The summed E-state index contributed by atoms with van der Waals surface area (Å²) in [6.45, 7) is 4.85. The molecular weight excluding hydrogens is 400 g/mol. The van der Waals surface area contributed by atoms with Gasteiger partial charge in [-0.1, -0.05) is 6.07 Å². The lowest BCUT2D eigenvalue weighted by molar-refractivity contribution is -0.104. The van der Waals surface area contributed by atoms with Crippen LogP contribution in [0.1, 0.15) is 26.7 Å². The molecule has 0 saturated carbocycles. The maximum absolute atomic E-state index is 14.9. The summed E-state index contributed by atoms with van der Waals surface area (Å²) in [5.41, 5.74) is 1.80. The van der Waals surface area contributed by atoms with Crippen molar-refractivity contribution in [2.45, 2.75) is 32.8 Å². The normalized spacial score (nSPS) is 15.7. The predicted molar refractivity (Wildman–Crippen MR) is 120 cm³/mol. The molecule has 0 unspecified atom stereocenters. The number of aldehydes is 1. The van der Waals surface area contributed by atoms with Crippen molar-refractivity contribution < 1.29 is 18.3 Å². The van der Waals surface area contributed by atoms with Crippen molar-refractivity contribution in [1.29, 1.82) is 0 Å². The second-order valence-electron chi connectivity index (χ2n) is 7.56. The third-order valence-corrected chi connectivity index (χ3v) is 5.33. The van der Waals surface area contributed by atoms with Crippen molar-refractivity contribution in [2.24, 2.45) is 4.99 Å². The van der Waals surface area contributed by atoms with Crippen molar-refractivity contribution in [2.75, 3.05) is 29.9 Å². The number of hydrogen-bond donors (Lipinski definition) is 0. The fourth-order valence-electron chi connectivity index (χ4n) is 3.56. The van der Waals surface area contributed by atoms with Crippen LogP contribution in [0.3, 0.4) is 0 Å². The summed E-state index contributed by atoms with van der Waals surface area (Å²) in [6.07, 6.45) is 3.50. The van der Waals surface area contributed by atoms with Gasteiger partial charge in [0, 0.05) is 50.4 Å². The Kier molecular flexibility index (Phi) is 7.39. The van der Waals surface area contributed by atoms with Crippen LogP contribution in [0.25, 0.3) is 0 Å². The second-order valence-corrected chi connectivity index (χ2v) is 7.56. The molecule has 3 rings (SSSR count). The molecule has 0 spiro atoms. The van der Waals surface area contributed by atoms with Crippen LogP contribution >= 0.6 is 0 Å². The van der Waals surface area contributed by atoms with Gasteiger partial charge in [-0.2, -0.15) is 0 Å². The Balaban J connectivity index is 1.63. The molecule has 0 radical (unpaired) electrons. The summed E-state index contributed by atoms with van der Waals surface area (Å²) in [6, 6.07) is 11.2. The first-order valence-corrected chi connectivity index (χ1v) is 10.2. The molecule has 1 fully saturated rings. The van der Waals surface area contributed by atoms with Crippen LogP contribution in [0, 0.1) is 11.6 Å². The summed E-state index contributed by atoms with van der Waals surface area (Å²) in [5, 5.41) is 0. The minimum Gasteiger partial charge on any atom is -0.490 e.